The number of rotatable bonds is 2. The van der Waals surface area contributed by atoms with E-state index >= 15 is 0 Å². The van der Waals surface area contributed by atoms with Crippen LogP contribution in [0.2, 0.25) is 0 Å². The Morgan fingerprint density at radius 2 is 1.57 bits per heavy atom. The Morgan fingerprint density at radius 3 is 2.21 bits per heavy atom. The van der Waals surface area contributed by atoms with Gasteiger partial charge in [-0.2, -0.15) is 0 Å². The number of hydrogen-bond acceptors (Lipinski definition) is 2. The standard InChI is InChI=1S/C11H11N2S/c1-13-8-4-11(5-9-13)14-10-2-6-12-7-3-10/h2-9H,1H3/q+1. The molecule has 0 bridgehead atoms. The van der Waals surface area contributed by atoms with Crippen LogP contribution in [0.1, 0.15) is 0 Å². The minimum absolute atomic E-state index is 1.22. The number of aromatic nitrogens is 2. The van der Waals surface area contributed by atoms with Crippen LogP contribution < -0.4 is 4.57 Å². The predicted octanol–water partition coefficient (Wildman–Crippen LogP) is 2.06. The summed E-state index contributed by atoms with van der Waals surface area (Å²) in [6.07, 6.45) is 7.71. The summed E-state index contributed by atoms with van der Waals surface area (Å²) in [5.41, 5.74) is 0. The molecule has 0 saturated carbocycles. The summed E-state index contributed by atoms with van der Waals surface area (Å²) >= 11 is 1.74. The van der Waals surface area contributed by atoms with Crippen molar-refractivity contribution in [1.82, 2.24) is 4.98 Å². The van der Waals surface area contributed by atoms with E-state index in [9.17, 15) is 0 Å². The molecule has 0 aliphatic heterocycles. The fourth-order valence-corrected chi connectivity index (χ4v) is 1.89. The molecule has 0 amide bonds. The molecule has 0 fully saturated rings. The normalized spacial score (nSPS) is 10.1. The lowest BCUT2D eigenvalue weighted by Crippen LogP contribution is -2.25. The van der Waals surface area contributed by atoms with E-state index in [-0.39, 0.29) is 0 Å². The van der Waals surface area contributed by atoms with Gasteiger partial charge in [0.15, 0.2) is 12.4 Å². The Bertz CT molecular complexity index is 397. The maximum absolute atomic E-state index is 3.98. The first-order valence-corrected chi connectivity index (χ1v) is 5.19. The fourth-order valence-electron chi connectivity index (χ4n) is 1.10. The maximum atomic E-state index is 3.98. The van der Waals surface area contributed by atoms with Gasteiger partial charge in [0, 0.05) is 34.3 Å². The Balaban J connectivity index is 2.16. The van der Waals surface area contributed by atoms with E-state index < -0.39 is 0 Å². The third-order valence-corrected chi connectivity index (χ3v) is 2.85. The van der Waals surface area contributed by atoms with E-state index in [1.165, 1.54) is 9.79 Å². The van der Waals surface area contributed by atoms with Gasteiger partial charge in [0.05, 0.1) is 0 Å². The Morgan fingerprint density at radius 1 is 1.00 bits per heavy atom. The summed E-state index contributed by atoms with van der Waals surface area (Å²) < 4.78 is 2.02. The summed E-state index contributed by atoms with van der Waals surface area (Å²) in [4.78, 5) is 6.44. The van der Waals surface area contributed by atoms with Gasteiger partial charge in [-0.3, -0.25) is 4.98 Å². The van der Waals surface area contributed by atoms with Crippen LogP contribution in [0.5, 0.6) is 0 Å². The minimum Gasteiger partial charge on any atom is -0.265 e. The molecule has 2 rings (SSSR count). The fraction of sp³-hybridized carbons (Fsp3) is 0.0909. The summed E-state index contributed by atoms with van der Waals surface area (Å²) in [7, 11) is 2.01. The summed E-state index contributed by atoms with van der Waals surface area (Å²) in [5.74, 6) is 0. The third-order valence-electron chi connectivity index (χ3n) is 1.83. The van der Waals surface area contributed by atoms with Crippen LogP contribution >= 0.6 is 11.8 Å². The molecule has 2 aromatic rings. The van der Waals surface area contributed by atoms with Crippen molar-refractivity contribution in [2.75, 3.05) is 0 Å². The molecule has 2 nitrogen and oxygen atoms in total. The van der Waals surface area contributed by atoms with Crippen molar-refractivity contribution in [2.45, 2.75) is 9.79 Å². The molecule has 2 aromatic heterocycles. The lowest BCUT2D eigenvalue weighted by molar-refractivity contribution is -0.671. The van der Waals surface area contributed by atoms with Crippen LogP contribution in [-0.2, 0) is 7.05 Å². The molecule has 70 valence electrons. The van der Waals surface area contributed by atoms with Crippen molar-refractivity contribution in [3.05, 3.63) is 49.1 Å². The molecule has 0 atom stereocenters. The molecule has 0 spiro atoms. The molecule has 0 aliphatic carbocycles. The zero-order valence-electron chi connectivity index (χ0n) is 7.92. The van der Waals surface area contributed by atoms with Crippen molar-refractivity contribution in [2.24, 2.45) is 7.05 Å². The van der Waals surface area contributed by atoms with Gasteiger partial charge in [-0.15, -0.1) is 0 Å². The van der Waals surface area contributed by atoms with E-state index in [4.69, 9.17) is 0 Å². The number of pyridine rings is 2. The van der Waals surface area contributed by atoms with Gasteiger partial charge in [-0.1, -0.05) is 11.8 Å². The van der Waals surface area contributed by atoms with E-state index in [1.54, 1.807) is 11.8 Å². The number of nitrogens with zero attached hydrogens (tertiary/aromatic N) is 2. The molecule has 0 saturated heterocycles. The largest absolute Gasteiger partial charge is 0.265 e. The van der Waals surface area contributed by atoms with Crippen molar-refractivity contribution in [3.63, 3.8) is 0 Å². The van der Waals surface area contributed by atoms with Gasteiger partial charge in [-0.05, 0) is 12.1 Å². The zero-order valence-corrected chi connectivity index (χ0v) is 8.74. The Hall–Kier alpha value is -1.35. The number of hydrogen-bond donors (Lipinski definition) is 0. The summed E-state index contributed by atoms with van der Waals surface area (Å²) in [6, 6.07) is 8.23. The van der Waals surface area contributed by atoms with E-state index in [0.717, 1.165) is 0 Å². The van der Waals surface area contributed by atoms with Crippen molar-refractivity contribution < 1.29 is 4.57 Å². The maximum Gasteiger partial charge on any atom is 0.169 e. The van der Waals surface area contributed by atoms with Crippen molar-refractivity contribution >= 4 is 11.8 Å². The molecule has 0 N–H and O–H groups in total. The number of aryl methyl sites for hydroxylation is 1. The molecular formula is C11H11N2S+. The quantitative estimate of drug-likeness (QED) is 0.695. The SMILES string of the molecule is C[n+]1ccc(Sc2ccncc2)cc1. The molecule has 0 aromatic carbocycles. The highest BCUT2D eigenvalue weighted by atomic mass is 32.2. The van der Waals surface area contributed by atoms with Gasteiger partial charge >= 0.3 is 0 Å². The highest BCUT2D eigenvalue weighted by Gasteiger charge is 1.98. The molecule has 0 radical (unpaired) electrons. The second-order valence-corrected chi connectivity index (χ2v) is 4.13. The van der Waals surface area contributed by atoms with Gasteiger partial charge in [0.25, 0.3) is 0 Å². The second kappa shape index (κ2) is 4.24. The third kappa shape index (κ3) is 2.33. The molecular weight excluding hydrogens is 192 g/mol. The lowest BCUT2D eigenvalue weighted by Gasteiger charge is -1.98. The van der Waals surface area contributed by atoms with Crippen LogP contribution in [-0.4, -0.2) is 4.98 Å². The van der Waals surface area contributed by atoms with Gasteiger partial charge in [0.1, 0.15) is 7.05 Å². The highest BCUT2D eigenvalue weighted by Crippen LogP contribution is 2.25. The Kier molecular flexibility index (Phi) is 2.79. The van der Waals surface area contributed by atoms with Gasteiger partial charge < -0.3 is 0 Å². The van der Waals surface area contributed by atoms with E-state index in [2.05, 4.69) is 17.1 Å². The molecule has 2 heterocycles. The lowest BCUT2D eigenvalue weighted by atomic mass is 10.5. The molecule has 3 heteroatoms. The van der Waals surface area contributed by atoms with E-state index in [0.29, 0.717) is 0 Å². The smallest absolute Gasteiger partial charge is 0.169 e. The highest BCUT2D eigenvalue weighted by molar-refractivity contribution is 7.99. The van der Waals surface area contributed by atoms with Crippen LogP contribution in [0.15, 0.2) is 58.8 Å². The van der Waals surface area contributed by atoms with Gasteiger partial charge in [0.2, 0.25) is 0 Å². The average molecular weight is 203 g/mol. The first kappa shape index (κ1) is 9.21. The average Bonchev–Trinajstić information content (AvgIpc) is 2.23. The first-order valence-electron chi connectivity index (χ1n) is 4.38. The zero-order chi connectivity index (χ0) is 9.80. The van der Waals surface area contributed by atoms with Crippen LogP contribution in [0.25, 0.3) is 0 Å². The van der Waals surface area contributed by atoms with Crippen LogP contribution in [0.4, 0.5) is 0 Å². The molecule has 0 unspecified atom stereocenters. The molecule has 0 aliphatic rings. The second-order valence-electron chi connectivity index (χ2n) is 2.98. The monoisotopic (exact) mass is 203 g/mol. The van der Waals surface area contributed by atoms with Crippen molar-refractivity contribution in [1.29, 1.82) is 0 Å². The minimum atomic E-state index is 1.22. The van der Waals surface area contributed by atoms with Crippen molar-refractivity contribution in [3.8, 4) is 0 Å². The van der Waals surface area contributed by atoms with Crippen LogP contribution in [0, 0.1) is 0 Å². The summed E-state index contributed by atoms with van der Waals surface area (Å²) in [6.45, 7) is 0. The Labute approximate surface area is 87.6 Å². The topological polar surface area (TPSA) is 16.8 Å². The first-order chi connectivity index (χ1) is 6.84. The molecule has 14 heavy (non-hydrogen) atoms. The predicted molar refractivity (Wildman–Crippen MR) is 56.0 cm³/mol. The van der Waals surface area contributed by atoms with Gasteiger partial charge in [-0.25, -0.2) is 4.57 Å². The van der Waals surface area contributed by atoms with E-state index in [1.807, 2.05) is 48.5 Å². The summed E-state index contributed by atoms with van der Waals surface area (Å²) in [5, 5.41) is 0. The van der Waals surface area contributed by atoms with Crippen LogP contribution in [0.3, 0.4) is 0 Å².